The lowest BCUT2D eigenvalue weighted by atomic mass is 9.91. The molecule has 2 fully saturated rings. The molecule has 35 heavy (non-hydrogen) atoms. The number of hydrogen-bond acceptors (Lipinski definition) is 5. The number of ether oxygens (including phenoxy) is 1. The maximum Gasteiger partial charge on any atom is 0.257 e. The number of amides is 3. The molecule has 2 aliphatic heterocycles. The Morgan fingerprint density at radius 3 is 2.40 bits per heavy atom. The SMILES string of the molecule is Cc1ccccc1C(=O)N1[C@H](C(=O)NCc2ccccn2)COC12CCN(C(=O)C(C)(C)C)CC2. The first-order valence-corrected chi connectivity index (χ1v) is 12.1. The monoisotopic (exact) mass is 478 g/mol. The van der Waals surface area contributed by atoms with Crippen LogP contribution in [0.15, 0.2) is 48.7 Å². The number of aromatic nitrogens is 1. The van der Waals surface area contributed by atoms with Gasteiger partial charge in [-0.15, -0.1) is 0 Å². The van der Waals surface area contributed by atoms with Crippen molar-refractivity contribution in [2.45, 2.75) is 58.8 Å². The first kappa shape index (κ1) is 24.9. The minimum Gasteiger partial charge on any atom is -0.353 e. The van der Waals surface area contributed by atoms with Crippen LogP contribution in [0.2, 0.25) is 0 Å². The fourth-order valence-electron chi connectivity index (χ4n) is 4.84. The molecule has 1 atom stereocenters. The smallest absolute Gasteiger partial charge is 0.257 e. The number of hydrogen-bond donors (Lipinski definition) is 1. The number of rotatable bonds is 4. The number of nitrogens with one attached hydrogen (secondary N) is 1. The van der Waals surface area contributed by atoms with E-state index in [2.05, 4.69) is 10.3 Å². The maximum atomic E-state index is 13.9. The van der Waals surface area contributed by atoms with Crippen molar-refractivity contribution in [2.75, 3.05) is 19.7 Å². The van der Waals surface area contributed by atoms with Gasteiger partial charge in [0.05, 0.1) is 18.8 Å². The van der Waals surface area contributed by atoms with Crippen molar-refractivity contribution in [3.05, 3.63) is 65.5 Å². The predicted molar refractivity (Wildman–Crippen MR) is 131 cm³/mol. The largest absolute Gasteiger partial charge is 0.353 e. The van der Waals surface area contributed by atoms with Gasteiger partial charge >= 0.3 is 0 Å². The quantitative estimate of drug-likeness (QED) is 0.730. The Morgan fingerprint density at radius 1 is 1.09 bits per heavy atom. The van der Waals surface area contributed by atoms with Crippen molar-refractivity contribution < 1.29 is 19.1 Å². The van der Waals surface area contributed by atoms with Gasteiger partial charge in [0, 0.05) is 43.1 Å². The number of carbonyl (C=O) groups is 3. The zero-order valence-corrected chi connectivity index (χ0v) is 20.9. The molecule has 8 nitrogen and oxygen atoms in total. The second-order valence-corrected chi connectivity index (χ2v) is 10.3. The highest BCUT2D eigenvalue weighted by Gasteiger charge is 2.54. The lowest BCUT2D eigenvalue weighted by molar-refractivity contribution is -0.150. The molecule has 0 saturated carbocycles. The highest BCUT2D eigenvalue weighted by Crippen LogP contribution is 2.39. The molecule has 2 saturated heterocycles. The summed E-state index contributed by atoms with van der Waals surface area (Å²) in [6, 6.07) is 12.1. The van der Waals surface area contributed by atoms with Gasteiger partial charge in [0.25, 0.3) is 5.91 Å². The van der Waals surface area contributed by atoms with Crippen LogP contribution in [-0.2, 0) is 20.9 Å². The van der Waals surface area contributed by atoms with E-state index in [0.717, 1.165) is 11.3 Å². The summed E-state index contributed by atoms with van der Waals surface area (Å²) in [4.78, 5) is 47.7. The topological polar surface area (TPSA) is 91.8 Å². The third kappa shape index (κ3) is 5.07. The molecule has 3 heterocycles. The Labute approximate surface area is 206 Å². The highest BCUT2D eigenvalue weighted by molar-refractivity contribution is 5.99. The summed E-state index contributed by atoms with van der Waals surface area (Å²) in [6.07, 6.45) is 2.59. The molecule has 1 aromatic heterocycles. The molecule has 0 bridgehead atoms. The van der Waals surface area contributed by atoms with E-state index in [1.165, 1.54) is 0 Å². The second-order valence-electron chi connectivity index (χ2n) is 10.3. The Kier molecular flexibility index (Phi) is 6.94. The number of pyridine rings is 1. The molecular weight excluding hydrogens is 444 g/mol. The number of benzene rings is 1. The van der Waals surface area contributed by atoms with Crippen LogP contribution in [0, 0.1) is 12.3 Å². The molecule has 2 aromatic rings. The average molecular weight is 479 g/mol. The van der Waals surface area contributed by atoms with E-state index >= 15 is 0 Å². The summed E-state index contributed by atoms with van der Waals surface area (Å²) in [6.45, 7) is 8.91. The van der Waals surface area contributed by atoms with Crippen molar-refractivity contribution in [1.82, 2.24) is 20.1 Å². The van der Waals surface area contributed by atoms with Gasteiger partial charge < -0.3 is 15.0 Å². The molecule has 0 aliphatic carbocycles. The van der Waals surface area contributed by atoms with Gasteiger partial charge in [-0.3, -0.25) is 24.3 Å². The molecule has 1 spiro atoms. The molecule has 0 unspecified atom stereocenters. The number of nitrogens with zero attached hydrogens (tertiary/aromatic N) is 3. The van der Waals surface area contributed by atoms with Gasteiger partial charge in [-0.25, -0.2) is 0 Å². The van der Waals surface area contributed by atoms with Crippen molar-refractivity contribution in [2.24, 2.45) is 5.41 Å². The van der Waals surface area contributed by atoms with Crippen LogP contribution < -0.4 is 5.32 Å². The number of piperidine rings is 1. The molecule has 0 radical (unpaired) electrons. The van der Waals surface area contributed by atoms with Crippen molar-refractivity contribution in [3.8, 4) is 0 Å². The normalized spacial score (nSPS) is 19.6. The van der Waals surface area contributed by atoms with Gasteiger partial charge in [-0.2, -0.15) is 0 Å². The summed E-state index contributed by atoms with van der Waals surface area (Å²) in [7, 11) is 0. The molecule has 1 N–H and O–H groups in total. The van der Waals surface area contributed by atoms with E-state index in [4.69, 9.17) is 4.74 Å². The van der Waals surface area contributed by atoms with Crippen LogP contribution in [0.1, 0.15) is 55.2 Å². The van der Waals surface area contributed by atoms with Crippen molar-refractivity contribution in [1.29, 1.82) is 0 Å². The molecule has 2 aliphatic rings. The predicted octanol–water partition coefficient (Wildman–Crippen LogP) is 2.91. The van der Waals surface area contributed by atoms with Gasteiger partial charge in [0.2, 0.25) is 11.8 Å². The van der Waals surface area contributed by atoms with E-state index in [9.17, 15) is 14.4 Å². The molecule has 4 rings (SSSR count). The van der Waals surface area contributed by atoms with Crippen LogP contribution in [0.25, 0.3) is 0 Å². The lowest BCUT2D eigenvalue weighted by Crippen LogP contribution is -2.60. The first-order valence-electron chi connectivity index (χ1n) is 12.1. The summed E-state index contributed by atoms with van der Waals surface area (Å²) >= 11 is 0. The highest BCUT2D eigenvalue weighted by atomic mass is 16.5. The van der Waals surface area contributed by atoms with Gasteiger partial charge in [0.15, 0.2) is 0 Å². The Hall–Kier alpha value is -3.26. The van der Waals surface area contributed by atoms with Crippen LogP contribution >= 0.6 is 0 Å². The lowest BCUT2D eigenvalue weighted by Gasteiger charge is -2.45. The van der Waals surface area contributed by atoms with Crippen molar-refractivity contribution >= 4 is 17.7 Å². The fourth-order valence-corrected chi connectivity index (χ4v) is 4.84. The van der Waals surface area contributed by atoms with Crippen LogP contribution in [-0.4, -0.2) is 64.0 Å². The fraction of sp³-hybridized carbons (Fsp3) is 0.481. The maximum absolute atomic E-state index is 13.9. The van der Waals surface area contributed by atoms with Crippen LogP contribution in [0.3, 0.4) is 0 Å². The first-order chi connectivity index (χ1) is 16.6. The molecular formula is C27H34N4O4. The standard InChI is InChI=1S/C27H34N4O4/c1-19-9-5-6-11-21(19)24(33)31-22(23(32)29-17-20-10-7-8-14-28-20)18-35-27(31)12-15-30(16-13-27)25(34)26(2,3)4/h5-11,14,22H,12-13,15-18H2,1-4H3,(H,29,32)/t22-/m0/s1. The average Bonchev–Trinajstić information content (AvgIpc) is 3.21. The van der Waals surface area contributed by atoms with Crippen LogP contribution in [0.4, 0.5) is 0 Å². The van der Waals surface area contributed by atoms with E-state index in [-0.39, 0.29) is 30.9 Å². The van der Waals surface area contributed by atoms with E-state index in [1.54, 1.807) is 17.2 Å². The number of carbonyl (C=O) groups excluding carboxylic acids is 3. The van der Waals surface area contributed by atoms with Crippen molar-refractivity contribution in [3.63, 3.8) is 0 Å². The van der Waals surface area contributed by atoms with E-state index < -0.39 is 17.2 Å². The van der Waals surface area contributed by atoms with Gasteiger partial charge in [-0.05, 0) is 30.7 Å². The van der Waals surface area contributed by atoms with Gasteiger partial charge in [-0.1, -0.05) is 45.0 Å². The van der Waals surface area contributed by atoms with E-state index in [0.29, 0.717) is 31.5 Å². The molecule has 186 valence electrons. The Morgan fingerprint density at radius 2 is 1.77 bits per heavy atom. The summed E-state index contributed by atoms with van der Waals surface area (Å²) in [5.74, 6) is -0.427. The van der Waals surface area contributed by atoms with Gasteiger partial charge in [0.1, 0.15) is 11.8 Å². The molecule has 3 amide bonds. The zero-order chi connectivity index (χ0) is 25.2. The Balaban J connectivity index is 1.58. The third-order valence-electron chi connectivity index (χ3n) is 6.80. The Bertz CT molecular complexity index is 1090. The zero-order valence-electron chi connectivity index (χ0n) is 20.9. The summed E-state index contributed by atoms with van der Waals surface area (Å²) in [5, 5.41) is 2.92. The van der Waals surface area contributed by atoms with Crippen LogP contribution in [0.5, 0.6) is 0 Å². The molecule has 1 aromatic carbocycles. The molecule has 8 heteroatoms. The minimum atomic E-state index is -0.930. The third-order valence-corrected chi connectivity index (χ3v) is 6.80. The second kappa shape index (κ2) is 9.77. The number of likely N-dealkylation sites (tertiary alicyclic amines) is 1. The number of aryl methyl sites for hydroxylation is 1. The summed E-state index contributed by atoms with van der Waals surface area (Å²) in [5.41, 5.74) is 0.716. The van der Waals surface area contributed by atoms with E-state index in [1.807, 2.05) is 69.0 Å². The minimum absolute atomic E-state index is 0.0757. The summed E-state index contributed by atoms with van der Waals surface area (Å²) < 4.78 is 6.27.